The van der Waals surface area contributed by atoms with Crippen LogP contribution in [-0.4, -0.2) is 4.98 Å². The molecule has 3 N–H and O–H groups in total. The van der Waals surface area contributed by atoms with E-state index < -0.39 is 0 Å². The Kier molecular flexibility index (Phi) is 2.15. The molecule has 0 bridgehead atoms. The van der Waals surface area contributed by atoms with Gasteiger partial charge in [0, 0.05) is 22.3 Å². The van der Waals surface area contributed by atoms with E-state index in [1.807, 2.05) is 18.2 Å². The molecule has 0 aliphatic rings. The second-order valence-electron chi connectivity index (χ2n) is 4.38. The molecule has 17 heavy (non-hydrogen) atoms. The van der Waals surface area contributed by atoms with Gasteiger partial charge < -0.3 is 10.7 Å². The summed E-state index contributed by atoms with van der Waals surface area (Å²) in [6.45, 7) is 2.07. The number of rotatable bonds is 1. The zero-order valence-corrected chi connectivity index (χ0v) is 9.70. The minimum Gasteiger partial charge on any atom is -0.399 e. The van der Waals surface area contributed by atoms with Crippen molar-refractivity contribution in [3.05, 3.63) is 54.2 Å². The van der Waals surface area contributed by atoms with Crippen molar-refractivity contribution >= 4 is 16.6 Å². The van der Waals surface area contributed by atoms with Gasteiger partial charge in [-0.3, -0.25) is 0 Å². The Hall–Kier alpha value is -2.22. The molecular weight excluding hydrogens is 208 g/mol. The fourth-order valence-corrected chi connectivity index (χ4v) is 2.18. The van der Waals surface area contributed by atoms with Gasteiger partial charge in [0.2, 0.25) is 0 Å². The number of nitrogen functional groups attached to an aromatic ring is 1. The van der Waals surface area contributed by atoms with Crippen LogP contribution in [0.2, 0.25) is 0 Å². The second kappa shape index (κ2) is 3.67. The van der Waals surface area contributed by atoms with Crippen molar-refractivity contribution < 1.29 is 0 Å². The molecule has 2 aromatic carbocycles. The van der Waals surface area contributed by atoms with Gasteiger partial charge in [0.25, 0.3) is 0 Å². The quantitative estimate of drug-likeness (QED) is 0.605. The maximum atomic E-state index is 5.81. The maximum absolute atomic E-state index is 5.81. The van der Waals surface area contributed by atoms with Crippen LogP contribution in [0.25, 0.3) is 22.0 Å². The summed E-state index contributed by atoms with van der Waals surface area (Å²) in [5, 5.41) is 1.24. The molecule has 0 spiro atoms. The van der Waals surface area contributed by atoms with E-state index in [2.05, 4.69) is 42.2 Å². The first-order chi connectivity index (χ1) is 8.22. The predicted octanol–water partition coefficient (Wildman–Crippen LogP) is 3.73. The highest BCUT2D eigenvalue weighted by molar-refractivity contribution is 5.86. The molecule has 2 nitrogen and oxygen atoms in total. The lowest BCUT2D eigenvalue weighted by Gasteiger charge is -2.03. The van der Waals surface area contributed by atoms with Crippen LogP contribution in [0.3, 0.4) is 0 Å². The number of nitrogens with one attached hydrogen (secondary N) is 1. The van der Waals surface area contributed by atoms with E-state index >= 15 is 0 Å². The summed E-state index contributed by atoms with van der Waals surface area (Å²) in [7, 11) is 0. The third kappa shape index (κ3) is 1.78. The third-order valence-electron chi connectivity index (χ3n) is 2.98. The van der Waals surface area contributed by atoms with Gasteiger partial charge in [-0.15, -0.1) is 0 Å². The number of hydrogen-bond donors (Lipinski definition) is 2. The number of aromatic amines is 1. The van der Waals surface area contributed by atoms with Crippen LogP contribution in [0.5, 0.6) is 0 Å². The first kappa shape index (κ1) is 9.97. The third-order valence-corrected chi connectivity index (χ3v) is 2.98. The van der Waals surface area contributed by atoms with Gasteiger partial charge in [-0.1, -0.05) is 18.2 Å². The number of aryl methyl sites for hydroxylation is 1. The Morgan fingerprint density at radius 1 is 0.941 bits per heavy atom. The largest absolute Gasteiger partial charge is 0.399 e. The van der Waals surface area contributed by atoms with Crippen molar-refractivity contribution in [2.75, 3.05) is 5.73 Å². The van der Waals surface area contributed by atoms with Gasteiger partial charge in [0.1, 0.15) is 0 Å². The highest BCUT2D eigenvalue weighted by Crippen LogP contribution is 2.25. The molecule has 84 valence electrons. The lowest BCUT2D eigenvalue weighted by Crippen LogP contribution is -1.84. The van der Waals surface area contributed by atoms with E-state index in [9.17, 15) is 0 Å². The summed E-state index contributed by atoms with van der Waals surface area (Å²) in [5.74, 6) is 0. The number of benzene rings is 2. The van der Waals surface area contributed by atoms with Crippen LogP contribution in [-0.2, 0) is 0 Å². The Balaban J connectivity index is 2.17. The van der Waals surface area contributed by atoms with E-state index in [0.29, 0.717) is 0 Å². The van der Waals surface area contributed by atoms with E-state index in [1.54, 1.807) is 0 Å². The fraction of sp³-hybridized carbons (Fsp3) is 0.0667. The van der Waals surface area contributed by atoms with Crippen molar-refractivity contribution in [1.29, 1.82) is 0 Å². The van der Waals surface area contributed by atoms with E-state index in [-0.39, 0.29) is 0 Å². The summed E-state index contributed by atoms with van der Waals surface area (Å²) in [4.78, 5) is 3.32. The smallest absolute Gasteiger partial charge is 0.0456 e. The molecule has 3 aromatic rings. The minimum absolute atomic E-state index is 0.799. The van der Waals surface area contributed by atoms with Crippen molar-refractivity contribution in [2.45, 2.75) is 6.92 Å². The maximum Gasteiger partial charge on any atom is 0.0456 e. The molecule has 0 aliphatic carbocycles. The second-order valence-corrected chi connectivity index (χ2v) is 4.38. The zero-order chi connectivity index (χ0) is 11.8. The van der Waals surface area contributed by atoms with Gasteiger partial charge in [-0.2, -0.15) is 0 Å². The number of hydrogen-bond acceptors (Lipinski definition) is 1. The number of H-pyrrole nitrogens is 1. The molecular formula is C15H14N2. The van der Waals surface area contributed by atoms with Crippen molar-refractivity contribution in [3.8, 4) is 11.1 Å². The van der Waals surface area contributed by atoms with Crippen LogP contribution >= 0.6 is 0 Å². The summed E-state index contributed by atoms with van der Waals surface area (Å²) < 4.78 is 0. The monoisotopic (exact) mass is 222 g/mol. The van der Waals surface area contributed by atoms with Gasteiger partial charge in [-0.05, 0) is 48.4 Å². The molecule has 0 unspecified atom stereocenters. The highest BCUT2D eigenvalue weighted by Gasteiger charge is 2.01. The van der Waals surface area contributed by atoms with Crippen LogP contribution < -0.4 is 5.73 Å². The van der Waals surface area contributed by atoms with E-state index in [0.717, 1.165) is 11.3 Å². The van der Waals surface area contributed by atoms with Gasteiger partial charge in [0.15, 0.2) is 0 Å². The van der Waals surface area contributed by atoms with Crippen LogP contribution in [0.15, 0.2) is 48.5 Å². The lowest BCUT2D eigenvalue weighted by molar-refractivity contribution is 1.30. The van der Waals surface area contributed by atoms with Crippen molar-refractivity contribution in [1.82, 2.24) is 4.98 Å². The Bertz CT molecular complexity index is 680. The molecule has 0 fully saturated rings. The average molecular weight is 222 g/mol. The molecule has 0 aliphatic heterocycles. The van der Waals surface area contributed by atoms with E-state index in [1.165, 1.54) is 22.2 Å². The lowest BCUT2D eigenvalue weighted by atomic mass is 10.0. The van der Waals surface area contributed by atoms with Crippen LogP contribution in [0.4, 0.5) is 5.69 Å². The van der Waals surface area contributed by atoms with Crippen molar-refractivity contribution in [2.24, 2.45) is 0 Å². The molecule has 0 amide bonds. The molecule has 1 heterocycles. The number of aromatic nitrogens is 1. The Morgan fingerprint density at radius 3 is 2.59 bits per heavy atom. The average Bonchev–Trinajstić information content (AvgIpc) is 2.68. The fourth-order valence-electron chi connectivity index (χ4n) is 2.18. The van der Waals surface area contributed by atoms with Crippen molar-refractivity contribution in [3.63, 3.8) is 0 Å². The molecule has 0 saturated carbocycles. The number of fused-ring (bicyclic) bond motifs is 1. The summed E-state index contributed by atoms with van der Waals surface area (Å²) in [6, 6.07) is 16.5. The van der Waals surface area contributed by atoms with Gasteiger partial charge in [-0.25, -0.2) is 0 Å². The molecule has 2 heteroatoms. The normalized spacial score (nSPS) is 10.9. The number of anilines is 1. The summed E-state index contributed by atoms with van der Waals surface area (Å²) in [5.41, 5.74) is 11.3. The molecule has 0 atom stereocenters. The first-order valence-electron chi connectivity index (χ1n) is 5.68. The van der Waals surface area contributed by atoms with Gasteiger partial charge in [0.05, 0.1) is 0 Å². The Morgan fingerprint density at radius 2 is 1.76 bits per heavy atom. The first-order valence-corrected chi connectivity index (χ1v) is 5.68. The summed E-state index contributed by atoms with van der Waals surface area (Å²) in [6.07, 6.45) is 0. The molecule has 1 aromatic heterocycles. The topological polar surface area (TPSA) is 41.8 Å². The standard InChI is InChI=1S/C15H14N2/c1-10-7-13-8-12(5-6-15(13)17-10)11-3-2-4-14(16)9-11/h2-9,17H,16H2,1H3. The van der Waals surface area contributed by atoms with E-state index in [4.69, 9.17) is 5.73 Å². The molecule has 0 saturated heterocycles. The SMILES string of the molecule is Cc1cc2cc(-c3cccc(N)c3)ccc2[nH]1. The van der Waals surface area contributed by atoms with Crippen LogP contribution in [0, 0.1) is 6.92 Å². The Labute approximate surface area is 100 Å². The zero-order valence-electron chi connectivity index (χ0n) is 9.70. The predicted molar refractivity (Wildman–Crippen MR) is 72.9 cm³/mol. The summed E-state index contributed by atoms with van der Waals surface area (Å²) >= 11 is 0. The molecule has 3 rings (SSSR count). The molecule has 0 radical (unpaired) electrons. The highest BCUT2D eigenvalue weighted by atomic mass is 14.7. The minimum atomic E-state index is 0.799. The van der Waals surface area contributed by atoms with Crippen LogP contribution in [0.1, 0.15) is 5.69 Å². The van der Waals surface area contributed by atoms with Gasteiger partial charge >= 0.3 is 0 Å². The number of nitrogens with two attached hydrogens (primary N) is 1.